The molecule has 0 saturated carbocycles. The van der Waals surface area contributed by atoms with Gasteiger partial charge >= 0.3 is 0 Å². The van der Waals surface area contributed by atoms with E-state index >= 15 is 0 Å². The van der Waals surface area contributed by atoms with Crippen LogP contribution in [0, 0.1) is 0 Å². The molecule has 1 amide bonds. The van der Waals surface area contributed by atoms with Crippen LogP contribution in [0.1, 0.15) is 69.2 Å². The molecule has 31 heavy (non-hydrogen) atoms. The van der Waals surface area contributed by atoms with Gasteiger partial charge in [0.15, 0.2) is 0 Å². The molecule has 1 unspecified atom stereocenters. The van der Waals surface area contributed by atoms with Crippen molar-refractivity contribution >= 4 is 17.4 Å². The number of Topliss-reactive ketones (excluding diaryl/α,β-unsaturated/α-hetero) is 1. The quantitative estimate of drug-likeness (QED) is 0.351. The zero-order valence-corrected chi connectivity index (χ0v) is 18.7. The molecule has 2 aromatic rings. The van der Waals surface area contributed by atoms with Gasteiger partial charge in [-0.2, -0.15) is 0 Å². The van der Waals surface area contributed by atoms with Gasteiger partial charge in [-0.1, -0.05) is 63.6 Å². The Balaban J connectivity index is 2.12. The highest BCUT2D eigenvalue weighted by atomic mass is 16.5. The largest absolute Gasteiger partial charge is 0.507 e. The summed E-state index contributed by atoms with van der Waals surface area (Å²) in [5.41, 5.74) is 2.59. The lowest BCUT2D eigenvalue weighted by Gasteiger charge is -2.25. The summed E-state index contributed by atoms with van der Waals surface area (Å²) < 4.78 is 5.53. The van der Waals surface area contributed by atoms with Gasteiger partial charge in [0.1, 0.15) is 11.5 Å². The summed E-state index contributed by atoms with van der Waals surface area (Å²) >= 11 is 0. The van der Waals surface area contributed by atoms with E-state index in [2.05, 4.69) is 13.8 Å². The molecule has 0 radical (unpaired) electrons. The lowest BCUT2D eigenvalue weighted by Crippen LogP contribution is -2.30. The number of carbonyl (C=O) groups is 2. The first-order chi connectivity index (χ1) is 14.9. The molecule has 5 heteroatoms. The minimum absolute atomic E-state index is 0.132. The fraction of sp³-hybridized carbons (Fsp3) is 0.385. The summed E-state index contributed by atoms with van der Waals surface area (Å²) in [4.78, 5) is 27.5. The second kappa shape index (κ2) is 9.82. The first kappa shape index (κ1) is 22.6. The molecule has 0 aromatic heterocycles. The zero-order valence-electron chi connectivity index (χ0n) is 18.7. The number of carbonyl (C=O) groups excluding carboxylic acids is 2. The molecule has 1 atom stereocenters. The fourth-order valence-electron chi connectivity index (χ4n) is 3.90. The number of rotatable bonds is 8. The maximum atomic E-state index is 13.0. The number of likely N-dealkylation sites (tertiary alicyclic amines) is 1. The van der Waals surface area contributed by atoms with Crippen molar-refractivity contribution in [2.24, 2.45) is 0 Å². The minimum atomic E-state index is -0.645. The van der Waals surface area contributed by atoms with E-state index in [-0.39, 0.29) is 11.3 Å². The Morgan fingerprint density at radius 3 is 2.42 bits per heavy atom. The third kappa shape index (κ3) is 4.66. The molecule has 1 fully saturated rings. The number of ketones is 1. The van der Waals surface area contributed by atoms with Gasteiger partial charge in [0.2, 0.25) is 0 Å². The van der Waals surface area contributed by atoms with Crippen LogP contribution in [0.2, 0.25) is 0 Å². The van der Waals surface area contributed by atoms with Gasteiger partial charge in [-0.25, -0.2) is 0 Å². The van der Waals surface area contributed by atoms with Crippen molar-refractivity contribution in [2.45, 2.75) is 52.5 Å². The van der Waals surface area contributed by atoms with Gasteiger partial charge in [0, 0.05) is 12.1 Å². The van der Waals surface area contributed by atoms with Crippen LogP contribution in [-0.4, -0.2) is 34.8 Å². The molecule has 2 aromatic carbocycles. The second-order valence-electron chi connectivity index (χ2n) is 8.13. The van der Waals surface area contributed by atoms with Crippen LogP contribution in [0.15, 0.2) is 54.1 Å². The standard InChI is InChI=1S/C26H31NO4/c1-5-7-15-27-23(19-13-11-18(12-14-19)17(3)4)22(25(29)26(27)30)24(28)20-9-8-10-21(16-20)31-6-2/h8-14,16-17,23,28H,5-7,15H2,1-4H3/b24-22-. The predicted molar refractivity (Wildman–Crippen MR) is 122 cm³/mol. The van der Waals surface area contributed by atoms with Crippen LogP contribution in [0.3, 0.4) is 0 Å². The normalized spacial score (nSPS) is 18.1. The molecule has 3 rings (SSSR count). The number of hydrogen-bond donors (Lipinski definition) is 1. The van der Waals surface area contributed by atoms with E-state index in [1.807, 2.05) is 38.1 Å². The highest BCUT2D eigenvalue weighted by Crippen LogP contribution is 2.40. The van der Waals surface area contributed by atoms with Gasteiger partial charge in [0.05, 0.1) is 18.2 Å². The third-order valence-corrected chi connectivity index (χ3v) is 5.63. The van der Waals surface area contributed by atoms with Crippen molar-refractivity contribution in [1.82, 2.24) is 4.90 Å². The Morgan fingerprint density at radius 2 is 1.81 bits per heavy atom. The zero-order chi connectivity index (χ0) is 22.5. The molecule has 1 aliphatic heterocycles. The topological polar surface area (TPSA) is 66.8 Å². The molecule has 1 heterocycles. The van der Waals surface area contributed by atoms with Crippen molar-refractivity contribution < 1.29 is 19.4 Å². The number of nitrogens with zero attached hydrogens (tertiary/aromatic N) is 1. The molecule has 1 N–H and O–H groups in total. The van der Waals surface area contributed by atoms with Crippen LogP contribution >= 0.6 is 0 Å². The molecule has 0 bridgehead atoms. The Morgan fingerprint density at radius 1 is 1.10 bits per heavy atom. The fourth-order valence-corrected chi connectivity index (χ4v) is 3.90. The summed E-state index contributed by atoms with van der Waals surface area (Å²) in [7, 11) is 0. The molecule has 164 valence electrons. The number of benzene rings is 2. The lowest BCUT2D eigenvalue weighted by atomic mass is 9.93. The number of aliphatic hydroxyl groups is 1. The molecule has 1 aliphatic rings. The predicted octanol–water partition coefficient (Wildman–Crippen LogP) is 5.43. The van der Waals surface area contributed by atoms with Crippen LogP contribution in [0.25, 0.3) is 5.76 Å². The molecule has 5 nitrogen and oxygen atoms in total. The van der Waals surface area contributed by atoms with Crippen molar-refractivity contribution in [3.05, 3.63) is 70.8 Å². The van der Waals surface area contributed by atoms with Gasteiger partial charge in [-0.3, -0.25) is 9.59 Å². The van der Waals surface area contributed by atoms with E-state index in [1.165, 1.54) is 5.56 Å². The molecule has 1 saturated heterocycles. The first-order valence-electron chi connectivity index (χ1n) is 11.0. The number of hydrogen-bond acceptors (Lipinski definition) is 4. The van der Waals surface area contributed by atoms with Crippen molar-refractivity contribution in [3.8, 4) is 5.75 Å². The van der Waals surface area contributed by atoms with E-state index in [4.69, 9.17) is 4.74 Å². The summed E-state index contributed by atoms with van der Waals surface area (Å²) in [6.07, 6.45) is 1.69. The lowest BCUT2D eigenvalue weighted by molar-refractivity contribution is -0.139. The van der Waals surface area contributed by atoms with E-state index in [1.54, 1.807) is 29.2 Å². The smallest absolute Gasteiger partial charge is 0.295 e. The molecular weight excluding hydrogens is 390 g/mol. The summed E-state index contributed by atoms with van der Waals surface area (Å²) in [5.74, 6) is -0.398. The minimum Gasteiger partial charge on any atom is -0.507 e. The average Bonchev–Trinajstić information content (AvgIpc) is 3.02. The Kier molecular flexibility index (Phi) is 7.16. The highest BCUT2D eigenvalue weighted by molar-refractivity contribution is 6.46. The number of ether oxygens (including phenoxy) is 1. The summed E-state index contributed by atoms with van der Waals surface area (Å²) in [5, 5.41) is 11.1. The number of unbranched alkanes of at least 4 members (excludes halogenated alkanes) is 1. The maximum Gasteiger partial charge on any atom is 0.295 e. The maximum absolute atomic E-state index is 13.0. The van der Waals surface area contributed by atoms with Gasteiger partial charge in [0.25, 0.3) is 11.7 Å². The molecule has 0 spiro atoms. The molecule has 0 aliphatic carbocycles. The molecular formula is C26H31NO4. The number of aliphatic hydroxyl groups excluding tert-OH is 1. The van der Waals surface area contributed by atoms with Gasteiger partial charge < -0.3 is 14.7 Å². The second-order valence-corrected chi connectivity index (χ2v) is 8.13. The Hall–Kier alpha value is -3.08. The monoisotopic (exact) mass is 421 g/mol. The third-order valence-electron chi connectivity index (χ3n) is 5.63. The van der Waals surface area contributed by atoms with Crippen LogP contribution in [0.5, 0.6) is 5.75 Å². The van der Waals surface area contributed by atoms with Crippen molar-refractivity contribution in [1.29, 1.82) is 0 Å². The van der Waals surface area contributed by atoms with Crippen molar-refractivity contribution in [3.63, 3.8) is 0 Å². The van der Waals surface area contributed by atoms with E-state index in [9.17, 15) is 14.7 Å². The highest BCUT2D eigenvalue weighted by Gasteiger charge is 2.45. The van der Waals surface area contributed by atoms with E-state index in [0.29, 0.717) is 30.4 Å². The Labute approximate surface area is 184 Å². The van der Waals surface area contributed by atoms with Gasteiger partial charge in [-0.05, 0) is 42.5 Å². The summed E-state index contributed by atoms with van der Waals surface area (Å²) in [6, 6.07) is 14.3. The number of amides is 1. The van der Waals surface area contributed by atoms with E-state index in [0.717, 1.165) is 18.4 Å². The van der Waals surface area contributed by atoms with Crippen LogP contribution in [-0.2, 0) is 9.59 Å². The Bertz CT molecular complexity index is 975. The van der Waals surface area contributed by atoms with Crippen molar-refractivity contribution in [2.75, 3.05) is 13.2 Å². The first-order valence-corrected chi connectivity index (χ1v) is 11.0. The average molecular weight is 422 g/mol. The van der Waals surface area contributed by atoms with Crippen LogP contribution < -0.4 is 4.74 Å². The van der Waals surface area contributed by atoms with E-state index < -0.39 is 17.7 Å². The SMILES string of the molecule is CCCCN1C(=O)C(=O)/C(=C(\O)c2cccc(OCC)c2)C1c1ccc(C(C)C)cc1. The summed E-state index contributed by atoms with van der Waals surface area (Å²) in [6.45, 7) is 9.12. The van der Waals surface area contributed by atoms with Crippen LogP contribution in [0.4, 0.5) is 0 Å². The van der Waals surface area contributed by atoms with Gasteiger partial charge in [-0.15, -0.1) is 0 Å².